The number of rotatable bonds is 5. The predicted octanol–water partition coefficient (Wildman–Crippen LogP) is 0.865. The van der Waals surface area contributed by atoms with Crippen molar-refractivity contribution < 1.29 is 19.1 Å². The van der Waals surface area contributed by atoms with Crippen LogP contribution < -0.4 is 15.1 Å². The quantitative estimate of drug-likeness (QED) is 0.630. The molecule has 1 aromatic heterocycles. The van der Waals surface area contributed by atoms with E-state index in [2.05, 4.69) is 10.5 Å². The maximum absolute atomic E-state index is 12.3. The van der Waals surface area contributed by atoms with Gasteiger partial charge in [-0.25, -0.2) is 0 Å². The Morgan fingerprint density at radius 2 is 1.73 bits per heavy atom. The number of quaternary nitrogens is 2. The Morgan fingerprint density at radius 3 is 2.38 bits per heavy atom. The molecule has 0 spiro atoms. The van der Waals surface area contributed by atoms with Crippen molar-refractivity contribution in [3.63, 3.8) is 0 Å². The van der Waals surface area contributed by atoms with Crippen LogP contribution in [0.4, 0.5) is 5.69 Å². The molecular formula is C17H21Cl3N4O2+2. The van der Waals surface area contributed by atoms with Gasteiger partial charge in [0.2, 0.25) is 0 Å². The summed E-state index contributed by atoms with van der Waals surface area (Å²) in [7, 11) is 0. The number of hydrogen-bond acceptors (Lipinski definition) is 3. The molecule has 2 heterocycles. The van der Waals surface area contributed by atoms with Crippen LogP contribution in [-0.2, 0) is 11.3 Å². The maximum atomic E-state index is 12.3. The first-order valence-corrected chi connectivity index (χ1v) is 9.58. The fraction of sp³-hybridized carbons (Fsp3) is 0.412. The van der Waals surface area contributed by atoms with Crippen LogP contribution in [-0.4, -0.2) is 43.8 Å². The second-order valence-electron chi connectivity index (χ2n) is 6.58. The maximum Gasteiger partial charge on any atom is 0.279 e. The van der Waals surface area contributed by atoms with Gasteiger partial charge in [0, 0.05) is 6.07 Å². The van der Waals surface area contributed by atoms with Crippen molar-refractivity contribution >= 4 is 46.4 Å². The van der Waals surface area contributed by atoms with Gasteiger partial charge in [-0.2, -0.15) is 0 Å². The molecule has 0 saturated carbocycles. The fourth-order valence-electron chi connectivity index (χ4n) is 3.11. The first-order valence-electron chi connectivity index (χ1n) is 8.44. The zero-order valence-corrected chi connectivity index (χ0v) is 16.6. The van der Waals surface area contributed by atoms with E-state index in [1.165, 1.54) is 15.9 Å². The number of hydrogen-bond donors (Lipinski definition) is 3. The molecule has 3 N–H and O–H groups in total. The zero-order valence-electron chi connectivity index (χ0n) is 14.4. The lowest BCUT2D eigenvalue weighted by Gasteiger charge is -2.28. The van der Waals surface area contributed by atoms with Gasteiger partial charge >= 0.3 is 0 Å². The van der Waals surface area contributed by atoms with Crippen LogP contribution in [0.25, 0.3) is 0 Å². The highest BCUT2D eigenvalue weighted by molar-refractivity contribution is 6.44. The summed E-state index contributed by atoms with van der Waals surface area (Å²) in [5.74, 6) is 0.747. The number of benzene rings is 1. The first kappa shape index (κ1) is 19.5. The van der Waals surface area contributed by atoms with Crippen molar-refractivity contribution in [2.24, 2.45) is 0 Å². The molecule has 1 fully saturated rings. The Bertz CT molecular complexity index is 788. The van der Waals surface area contributed by atoms with Gasteiger partial charge in [0.05, 0.1) is 20.8 Å². The topological polar surface area (TPSA) is 64.0 Å². The first-order chi connectivity index (χ1) is 12.4. The van der Waals surface area contributed by atoms with Crippen molar-refractivity contribution in [3.05, 3.63) is 44.7 Å². The van der Waals surface area contributed by atoms with Gasteiger partial charge < -0.3 is 19.6 Å². The number of carbonyl (C=O) groups excluding carboxylic acids is 1. The van der Waals surface area contributed by atoms with E-state index in [1.807, 2.05) is 13.0 Å². The molecule has 0 radical (unpaired) electrons. The number of carbonyl (C=O) groups is 1. The van der Waals surface area contributed by atoms with E-state index in [0.29, 0.717) is 27.3 Å². The van der Waals surface area contributed by atoms with Crippen LogP contribution in [0.2, 0.25) is 15.1 Å². The molecule has 26 heavy (non-hydrogen) atoms. The number of aryl methyl sites for hydroxylation is 1. The predicted molar refractivity (Wildman–Crippen MR) is 101 cm³/mol. The third kappa shape index (κ3) is 5.11. The second kappa shape index (κ2) is 8.59. The molecule has 0 unspecified atom stereocenters. The van der Waals surface area contributed by atoms with E-state index in [0.717, 1.165) is 44.2 Å². The number of nitrogens with one attached hydrogen (secondary N) is 3. The van der Waals surface area contributed by atoms with Gasteiger partial charge in [-0.15, -0.1) is 0 Å². The monoisotopic (exact) mass is 418 g/mol. The molecule has 1 aliphatic rings. The van der Waals surface area contributed by atoms with Crippen molar-refractivity contribution in [2.45, 2.75) is 13.5 Å². The molecule has 0 aliphatic carbocycles. The molecule has 1 aliphatic heterocycles. The van der Waals surface area contributed by atoms with Crippen LogP contribution in [0.3, 0.4) is 0 Å². The minimum Gasteiger partial charge on any atom is -0.361 e. The SMILES string of the molecule is Cc1cc(C[NH+]2CC[NH+](CC(=O)Nc3cc(Cl)c(Cl)cc3Cl)CC2)no1. The van der Waals surface area contributed by atoms with Gasteiger partial charge in [-0.1, -0.05) is 40.0 Å². The Hall–Kier alpha value is -1.31. The third-order valence-corrected chi connectivity index (χ3v) is 5.50. The van der Waals surface area contributed by atoms with Crippen LogP contribution in [0, 0.1) is 6.92 Å². The molecule has 3 rings (SSSR count). The number of piperazine rings is 1. The summed E-state index contributed by atoms with van der Waals surface area (Å²) >= 11 is 18.0. The van der Waals surface area contributed by atoms with Crippen molar-refractivity contribution in [3.8, 4) is 0 Å². The summed E-state index contributed by atoms with van der Waals surface area (Å²) in [6.07, 6.45) is 0. The number of amides is 1. The Morgan fingerprint density at radius 1 is 1.08 bits per heavy atom. The van der Waals surface area contributed by atoms with Gasteiger partial charge in [-0.3, -0.25) is 4.79 Å². The lowest BCUT2D eigenvalue weighted by Crippen LogP contribution is -3.28. The highest BCUT2D eigenvalue weighted by Crippen LogP contribution is 2.32. The summed E-state index contributed by atoms with van der Waals surface area (Å²) in [4.78, 5) is 15.0. The van der Waals surface area contributed by atoms with Gasteiger partial charge in [0.15, 0.2) is 6.54 Å². The molecule has 1 aromatic carbocycles. The highest BCUT2D eigenvalue weighted by Gasteiger charge is 2.26. The van der Waals surface area contributed by atoms with E-state index in [1.54, 1.807) is 6.07 Å². The van der Waals surface area contributed by atoms with Gasteiger partial charge in [0.1, 0.15) is 44.2 Å². The van der Waals surface area contributed by atoms with Crippen LogP contribution in [0.5, 0.6) is 0 Å². The van der Waals surface area contributed by atoms with E-state index in [-0.39, 0.29) is 5.91 Å². The molecule has 0 atom stereocenters. The van der Waals surface area contributed by atoms with Crippen molar-refractivity contribution in [1.82, 2.24) is 5.16 Å². The smallest absolute Gasteiger partial charge is 0.279 e. The normalized spacial score (nSPS) is 20.2. The summed E-state index contributed by atoms with van der Waals surface area (Å²) in [5, 5.41) is 7.96. The molecule has 1 saturated heterocycles. The zero-order chi connectivity index (χ0) is 18.7. The summed E-state index contributed by atoms with van der Waals surface area (Å²) in [5.41, 5.74) is 1.46. The molecule has 9 heteroatoms. The van der Waals surface area contributed by atoms with Crippen LogP contribution in [0.15, 0.2) is 22.7 Å². The molecule has 0 bridgehead atoms. The summed E-state index contributed by atoms with van der Waals surface area (Å²) in [6, 6.07) is 5.07. The van der Waals surface area contributed by atoms with Crippen molar-refractivity contribution in [1.29, 1.82) is 0 Å². The number of halogens is 3. The van der Waals surface area contributed by atoms with Crippen LogP contribution in [0.1, 0.15) is 11.5 Å². The lowest BCUT2D eigenvalue weighted by molar-refractivity contribution is -1.02. The van der Waals surface area contributed by atoms with E-state index in [4.69, 9.17) is 39.3 Å². The summed E-state index contributed by atoms with van der Waals surface area (Å²) < 4.78 is 5.11. The van der Waals surface area contributed by atoms with E-state index >= 15 is 0 Å². The Labute approximate surface area is 167 Å². The lowest BCUT2D eigenvalue weighted by atomic mass is 10.2. The highest BCUT2D eigenvalue weighted by atomic mass is 35.5. The van der Waals surface area contributed by atoms with Gasteiger partial charge in [0.25, 0.3) is 5.91 Å². The molecule has 6 nitrogen and oxygen atoms in total. The minimum atomic E-state index is -0.0872. The largest absolute Gasteiger partial charge is 0.361 e. The number of nitrogens with zero attached hydrogens (tertiary/aromatic N) is 1. The minimum absolute atomic E-state index is 0.0872. The average Bonchev–Trinajstić information content (AvgIpc) is 2.99. The standard InChI is InChI=1S/C17H19Cl3N4O2/c1-11-6-12(22-26-11)9-23-2-4-24(5-3-23)10-17(25)21-16-8-14(19)13(18)7-15(16)20/h6-8H,2-5,9-10H2,1H3,(H,21,25)/p+2. The molecule has 1 amide bonds. The van der Waals surface area contributed by atoms with E-state index < -0.39 is 0 Å². The Kier molecular flexibility index (Phi) is 6.42. The van der Waals surface area contributed by atoms with Crippen LogP contribution >= 0.6 is 34.8 Å². The number of anilines is 1. The van der Waals surface area contributed by atoms with Crippen molar-refractivity contribution in [2.75, 3.05) is 38.0 Å². The third-order valence-electron chi connectivity index (χ3n) is 4.47. The summed E-state index contributed by atoms with van der Waals surface area (Å²) in [6.45, 7) is 6.97. The fourth-order valence-corrected chi connectivity index (χ4v) is 3.70. The average molecular weight is 420 g/mol. The molecule has 140 valence electrons. The molecule has 2 aromatic rings. The number of aromatic nitrogens is 1. The van der Waals surface area contributed by atoms with E-state index in [9.17, 15) is 4.79 Å². The van der Waals surface area contributed by atoms with Gasteiger partial charge in [-0.05, 0) is 19.1 Å². The Balaban J connectivity index is 1.47. The molecular weight excluding hydrogens is 399 g/mol. The second-order valence-corrected chi connectivity index (χ2v) is 7.80.